The van der Waals surface area contributed by atoms with Gasteiger partial charge in [0.2, 0.25) is 17.7 Å². The molecule has 2 aliphatic heterocycles. The predicted molar refractivity (Wildman–Crippen MR) is 178 cm³/mol. The van der Waals surface area contributed by atoms with Gasteiger partial charge in [0.1, 0.15) is 30.3 Å². The van der Waals surface area contributed by atoms with Gasteiger partial charge in [-0.1, -0.05) is 18.2 Å². The van der Waals surface area contributed by atoms with Crippen LogP contribution >= 0.6 is 0 Å². The molecule has 4 aromatic rings. The molecule has 48 heavy (non-hydrogen) atoms. The van der Waals surface area contributed by atoms with Crippen LogP contribution in [0.15, 0.2) is 48.8 Å². The van der Waals surface area contributed by atoms with Crippen LogP contribution < -0.4 is 10.6 Å². The van der Waals surface area contributed by atoms with Crippen LogP contribution in [0.1, 0.15) is 60.4 Å². The molecule has 12 nitrogen and oxygen atoms in total. The first kappa shape index (κ1) is 31.2. The number of amides is 3. The van der Waals surface area contributed by atoms with Crippen molar-refractivity contribution in [3.8, 4) is 17.2 Å². The highest BCUT2D eigenvalue weighted by molar-refractivity contribution is 5.98. The number of aromatic nitrogens is 5. The molecule has 12 heteroatoms. The third-order valence-corrected chi connectivity index (χ3v) is 9.83. The number of rotatable bonds is 3. The summed E-state index contributed by atoms with van der Waals surface area (Å²) in [6.07, 6.45) is 11.1. The summed E-state index contributed by atoms with van der Waals surface area (Å²) in [7, 11) is 0. The fourth-order valence-electron chi connectivity index (χ4n) is 7.17. The molecule has 2 N–H and O–H groups in total. The first-order valence-corrected chi connectivity index (χ1v) is 16.4. The lowest BCUT2D eigenvalue weighted by molar-refractivity contribution is -0.138. The zero-order valence-electron chi connectivity index (χ0n) is 27.3. The van der Waals surface area contributed by atoms with Gasteiger partial charge in [-0.2, -0.15) is 10.4 Å². The molecule has 0 unspecified atom stereocenters. The van der Waals surface area contributed by atoms with Crippen molar-refractivity contribution in [2.24, 2.45) is 5.41 Å². The van der Waals surface area contributed by atoms with Crippen molar-refractivity contribution < 1.29 is 14.4 Å². The number of carbonyl (C=O) groups excluding carboxylic acids is 3. The number of allylic oxidation sites excluding steroid dienone is 2. The van der Waals surface area contributed by atoms with E-state index < -0.39 is 6.04 Å². The number of nitriles is 1. The molecule has 3 aromatic heterocycles. The van der Waals surface area contributed by atoms with Gasteiger partial charge >= 0.3 is 0 Å². The van der Waals surface area contributed by atoms with Crippen molar-refractivity contribution in [2.75, 3.05) is 11.9 Å². The quantitative estimate of drug-likeness (QED) is 0.316. The number of carbonyl (C=O) groups is 3. The lowest BCUT2D eigenvalue weighted by Gasteiger charge is -2.27. The molecule has 7 rings (SSSR count). The maximum atomic E-state index is 14.3. The van der Waals surface area contributed by atoms with Crippen LogP contribution in [-0.4, -0.2) is 66.0 Å². The second-order valence-electron chi connectivity index (χ2n) is 13.2. The van der Waals surface area contributed by atoms with Gasteiger partial charge in [0.15, 0.2) is 5.69 Å². The average molecular weight is 644 g/mol. The molecule has 1 saturated heterocycles. The fourth-order valence-corrected chi connectivity index (χ4v) is 7.17. The van der Waals surface area contributed by atoms with E-state index in [9.17, 15) is 19.6 Å². The molecular weight excluding hydrogens is 606 g/mol. The number of benzene rings is 1. The smallest absolute Gasteiger partial charge is 0.248 e. The van der Waals surface area contributed by atoms with Gasteiger partial charge in [-0.15, -0.1) is 0 Å². The zero-order valence-corrected chi connectivity index (χ0v) is 27.3. The lowest BCUT2D eigenvalue weighted by atomic mass is 9.98. The van der Waals surface area contributed by atoms with Crippen molar-refractivity contribution in [3.63, 3.8) is 0 Å². The first-order valence-electron chi connectivity index (χ1n) is 16.4. The van der Waals surface area contributed by atoms with Crippen LogP contribution in [0.25, 0.3) is 22.0 Å². The average Bonchev–Trinajstić information content (AvgIpc) is 3.50. The largest absolute Gasteiger partial charge is 0.355 e. The molecule has 1 aromatic carbocycles. The van der Waals surface area contributed by atoms with Crippen LogP contribution in [0, 0.1) is 37.5 Å². The Labute approximate surface area is 278 Å². The van der Waals surface area contributed by atoms with E-state index in [1.165, 1.54) is 0 Å². The second-order valence-corrected chi connectivity index (χ2v) is 13.2. The highest BCUT2D eigenvalue weighted by Crippen LogP contribution is 2.59. The number of nitrogens with one attached hydrogen (secondary N) is 2. The monoisotopic (exact) mass is 643 g/mol. The minimum Gasteiger partial charge on any atom is -0.355 e. The van der Waals surface area contributed by atoms with Crippen LogP contribution in [0.4, 0.5) is 5.82 Å². The Hall–Kier alpha value is -5.44. The van der Waals surface area contributed by atoms with Crippen LogP contribution in [-0.2, 0) is 27.3 Å². The van der Waals surface area contributed by atoms with E-state index in [0.717, 1.165) is 34.4 Å². The van der Waals surface area contributed by atoms with Crippen molar-refractivity contribution in [3.05, 3.63) is 77.2 Å². The number of nitrogens with zero attached hydrogens (tertiary/aromatic N) is 7. The Morgan fingerprint density at radius 3 is 2.69 bits per heavy atom. The summed E-state index contributed by atoms with van der Waals surface area (Å²) in [6, 6.07) is 8.99. The van der Waals surface area contributed by atoms with Gasteiger partial charge in [0, 0.05) is 53.5 Å². The Bertz CT molecular complexity index is 2030. The summed E-state index contributed by atoms with van der Waals surface area (Å²) >= 11 is 0. The van der Waals surface area contributed by atoms with Crippen molar-refractivity contribution in [2.45, 2.75) is 77.9 Å². The fraction of sp³-hybridized carbons (Fsp3) is 0.389. The maximum Gasteiger partial charge on any atom is 0.248 e. The standard InChI is InChI=1S/C36H37N9O3/c1-21-10-11-22(2)41-34(21)42-35(48)29-14-36-15-30(36)45(29)32(47)19-44-33-24(8-6-4-5-7-9-31(46)40-20-36)12-25(13-27(33)28(16-37)43-44)26-17-38-23(3)39-18-26/h4,6,10-13,17-18,29-30H,5,7-9,14-15,19-20H2,1-3H3,(H,40,46)(H,41,42,48)/t29-,30+,36-/m0/s1. The van der Waals surface area contributed by atoms with Gasteiger partial charge in [-0.3, -0.25) is 19.1 Å². The number of hydrogen-bond acceptors (Lipinski definition) is 8. The molecule has 1 saturated carbocycles. The molecule has 0 spiro atoms. The number of piperidine rings is 1. The molecule has 3 aliphatic rings. The highest BCUT2D eigenvalue weighted by atomic mass is 16.2. The first-order chi connectivity index (χ1) is 23.2. The molecule has 244 valence electrons. The Morgan fingerprint density at radius 1 is 1.08 bits per heavy atom. The van der Waals surface area contributed by atoms with E-state index in [1.54, 1.807) is 22.0 Å². The minimum absolute atomic E-state index is 0.0306. The molecule has 2 bridgehead atoms. The van der Waals surface area contributed by atoms with Crippen molar-refractivity contribution in [1.29, 1.82) is 5.26 Å². The summed E-state index contributed by atoms with van der Waals surface area (Å²) in [4.78, 5) is 55.9. The third-order valence-electron chi connectivity index (χ3n) is 9.83. The van der Waals surface area contributed by atoms with Crippen LogP contribution in [0.3, 0.4) is 0 Å². The summed E-state index contributed by atoms with van der Waals surface area (Å²) < 4.78 is 1.61. The summed E-state index contributed by atoms with van der Waals surface area (Å²) in [5.74, 6) is 0.515. The van der Waals surface area contributed by atoms with Crippen molar-refractivity contribution in [1.82, 2.24) is 34.9 Å². The Morgan fingerprint density at radius 2 is 1.90 bits per heavy atom. The number of hydrogen-bond donors (Lipinski definition) is 2. The highest BCUT2D eigenvalue weighted by Gasteiger charge is 2.67. The molecular formula is C36H37N9O3. The van der Waals surface area contributed by atoms with E-state index >= 15 is 0 Å². The van der Waals surface area contributed by atoms with Crippen LogP contribution in [0.5, 0.6) is 0 Å². The van der Waals surface area contributed by atoms with E-state index in [-0.39, 0.29) is 41.4 Å². The van der Waals surface area contributed by atoms with Gasteiger partial charge in [0.25, 0.3) is 0 Å². The second kappa shape index (κ2) is 12.3. The van der Waals surface area contributed by atoms with Gasteiger partial charge in [-0.05, 0) is 87.8 Å². The van der Waals surface area contributed by atoms with E-state index in [2.05, 4.69) is 42.8 Å². The van der Waals surface area contributed by atoms with E-state index in [4.69, 9.17) is 0 Å². The SMILES string of the molecule is Cc1ccc(C)c(NC(=O)[C@@H]2C[C@]34CNC(=O)CCCC=CCc5cc(-c6cnc(C)nc6)cc6c(C#N)nn(c56)CC(=O)N2[C@@H]3C4)n1. The Kier molecular flexibility index (Phi) is 7.99. The summed E-state index contributed by atoms with van der Waals surface area (Å²) in [5, 5.41) is 21.5. The summed E-state index contributed by atoms with van der Waals surface area (Å²) in [6.45, 7) is 5.82. The normalized spacial score (nSPS) is 22.5. The third kappa shape index (κ3) is 5.81. The molecule has 3 amide bonds. The number of aryl methyl sites for hydroxylation is 3. The minimum atomic E-state index is -0.749. The van der Waals surface area contributed by atoms with Gasteiger partial charge < -0.3 is 15.5 Å². The van der Waals surface area contributed by atoms with E-state index in [1.807, 2.05) is 51.1 Å². The zero-order chi connectivity index (χ0) is 33.6. The topological polar surface area (TPSA) is 159 Å². The molecule has 3 atom stereocenters. The van der Waals surface area contributed by atoms with E-state index in [0.29, 0.717) is 61.2 Å². The van der Waals surface area contributed by atoms with Crippen molar-refractivity contribution >= 4 is 34.4 Å². The lowest BCUT2D eigenvalue weighted by Crippen LogP contribution is -2.47. The van der Waals surface area contributed by atoms with Crippen LogP contribution in [0.2, 0.25) is 0 Å². The predicted octanol–water partition coefficient (Wildman–Crippen LogP) is 4.08. The molecule has 1 aliphatic carbocycles. The van der Waals surface area contributed by atoms with Gasteiger partial charge in [-0.25, -0.2) is 15.0 Å². The number of pyridine rings is 1. The molecule has 5 heterocycles. The van der Waals surface area contributed by atoms with Gasteiger partial charge in [0.05, 0.1) is 5.52 Å². The molecule has 2 fully saturated rings. The summed E-state index contributed by atoms with van der Waals surface area (Å²) in [5.41, 5.74) is 4.67. The number of anilines is 1. The Balaban J connectivity index is 1.29. The maximum absolute atomic E-state index is 14.3. The molecule has 0 radical (unpaired) electrons.